The Balaban J connectivity index is 1.76. The molecule has 0 aromatic heterocycles. The van der Waals surface area contributed by atoms with Crippen molar-refractivity contribution in [2.24, 2.45) is 5.92 Å². The van der Waals surface area contributed by atoms with E-state index in [9.17, 15) is 9.90 Å². The minimum Gasteiger partial charge on any atom is -0.392 e. The van der Waals surface area contributed by atoms with Crippen LogP contribution >= 0.6 is 0 Å². The van der Waals surface area contributed by atoms with Crippen molar-refractivity contribution >= 4 is 5.91 Å². The maximum absolute atomic E-state index is 12.1. The van der Waals surface area contributed by atoms with Crippen LogP contribution in [0.15, 0.2) is 48.5 Å². The van der Waals surface area contributed by atoms with Gasteiger partial charge >= 0.3 is 0 Å². The molecule has 3 heteroatoms. The summed E-state index contributed by atoms with van der Waals surface area (Å²) in [5.41, 5.74) is 4.75. The van der Waals surface area contributed by atoms with E-state index in [1.165, 1.54) is 22.3 Å². The zero-order valence-electron chi connectivity index (χ0n) is 11.9. The maximum Gasteiger partial charge on any atom is 0.231 e. The first-order valence-electron chi connectivity index (χ1n) is 7.33. The molecule has 0 saturated carbocycles. The number of amides is 1. The van der Waals surface area contributed by atoms with Crippen LogP contribution in [-0.4, -0.2) is 22.0 Å². The van der Waals surface area contributed by atoms with Crippen molar-refractivity contribution in [3.05, 3.63) is 59.7 Å². The van der Waals surface area contributed by atoms with E-state index >= 15 is 0 Å². The predicted octanol–water partition coefficient (Wildman–Crippen LogP) is 2.75. The van der Waals surface area contributed by atoms with Gasteiger partial charge in [0.05, 0.1) is 18.1 Å². The molecular formula is C18H17NO2. The molecule has 2 aromatic rings. The van der Waals surface area contributed by atoms with Crippen molar-refractivity contribution in [1.82, 2.24) is 4.90 Å². The Hall–Kier alpha value is -2.13. The van der Waals surface area contributed by atoms with Gasteiger partial charge in [0.1, 0.15) is 0 Å². The minimum atomic E-state index is -0.593. The molecule has 3 atom stereocenters. The number of carbonyl (C=O) groups is 1. The second kappa shape index (κ2) is 4.43. The monoisotopic (exact) mass is 279 g/mol. The predicted molar refractivity (Wildman–Crippen MR) is 80.3 cm³/mol. The lowest BCUT2D eigenvalue weighted by atomic mass is 9.81. The van der Waals surface area contributed by atoms with Crippen molar-refractivity contribution in [2.45, 2.75) is 25.6 Å². The van der Waals surface area contributed by atoms with Crippen LogP contribution in [0.25, 0.3) is 11.1 Å². The lowest BCUT2D eigenvalue weighted by Gasteiger charge is -2.44. The summed E-state index contributed by atoms with van der Waals surface area (Å²) in [5, 5.41) is 9.85. The zero-order valence-corrected chi connectivity index (χ0v) is 11.9. The van der Waals surface area contributed by atoms with E-state index in [0.717, 1.165) is 0 Å². The van der Waals surface area contributed by atoms with Crippen LogP contribution in [0.1, 0.15) is 24.1 Å². The molecule has 2 aliphatic rings. The van der Waals surface area contributed by atoms with Gasteiger partial charge in [0.2, 0.25) is 5.91 Å². The van der Waals surface area contributed by atoms with Crippen LogP contribution in [0.3, 0.4) is 0 Å². The molecule has 0 spiro atoms. The number of hydrogen-bond donors (Lipinski definition) is 1. The van der Waals surface area contributed by atoms with Crippen molar-refractivity contribution in [1.29, 1.82) is 0 Å². The van der Waals surface area contributed by atoms with E-state index in [1.807, 2.05) is 23.1 Å². The molecule has 0 aliphatic carbocycles. The minimum absolute atomic E-state index is 0.0520. The Morgan fingerprint density at radius 2 is 1.90 bits per heavy atom. The fourth-order valence-corrected chi connectivity index (χ4v) is 3.59. The third-order valence-electron chi connectivity index (χ3n) is 4.68. The Kier molecular flexibility index (Phi) is 2.66. The molecule has 21 heavy (non-hydrogen) atoms. The Morgan fingerprint density at radius 3 is 2.62 bits per heavy atom. The number of benzene rings is 2. The molecule has 1 N–H and O–H groups in total. The Bertz CT molecular complexity index is 708. The van der Waals surface area contributed by atoms with Gasteiger partial charge in [0.15, 0.2) is 0 Å². The standard InChI is InChI=1S/C18H17NO2/c1-11(20)16-17-15-9-13(12-5-3-2-4-6-12)7-8-14(15)10-19(17)18(16)21/h2-9,11,16-17,20H,10H2,1H3/t11-,16-,17-/m1/s1. The van der Waals surface area contributed by atoms with Crippen LogP contribution in [0.4, 0.5) is 0 Å². The third kappa shape index (κ3) is 1.74. The largest absolute Gasteiger partial charge is 0.392 e. The highest BCUT2D eigenvalue weighted by molar-refractivity contribution is 5.89. The second-order valence-corrected chi connectivity index (χ2v) is 5.96. The summed E-state index contributed by atoms with van der Waals surface area (Å²) in [6, 6.07) is 16.7. The number of aliphatic hydroxyl groups is 1. The van der Waals surface area contributed by atoms with E-state index in [0.29, 0.717) is 6.54 Å². The highest BCUT2D eigenvalue weighted by atomic mass is 16.3. The van der Waals surface area contributed by atoms with E-state index in [-0.39, 0.29) is 17.9 Å². The Labute approximate surface area is 123 Å². The molecule has 106 valence electrons. The number of rotatable bonds is 2. The van der Waals surface area contributed by atoms with Crippen molar-refractivity contribution in [3.8, 4) is 11.1 Å². The summed E-state index contributed by atoms with van der Waals surface area (Å²) in [4.78, 5) is 13.9. The van der Waals surface area contributed by atoms with Crippen molar-refractivity contribution in [3.63, 3.8) is 0 Å². The SMILES string of the molecule is C[C@@H](O)[C@H]1C(=O)N2Cc3ccc(-c4ccccc4)cc3[C@H]12. The van der Waals surface area contributed by atoms with E-state index in [4.69, 9.17) is 0 Å². The molecule has 1 fully saturated rings. The van der Waals surface area contributed by atoms with E-state index in [2.05, 4.69) is 30.3 Å². The third-order valence-corrected chi connectivity index (χ3v) is 4.68. The molecule has 1 saturated heterocycles. The smallest absolute Gasteiger partial charge is 0.231 e. The lowest BCUT2D eigenvalue weighted by Crippen LogP contribution is -2.55. The van der Waals surface area contributed by atoms with Crippen LogP contribution in [0.5, 0.6) is 0 Å². The van der Waals surface area contributed by atoms with Crippen molar-refractivity contribution in [2.75, 3.05) is 0 Å². The summed E-state index contributed by atoms with van der Waals surface area (Å²) in [6.45, 7) is 2.38. The number of fused-ring (bicyclic) bond motifs is 3. The highest BCUT2D eigenvalue weighted by Gasteiger charge is 2.54. The summed E-state index contributed by atoms with van der Waals surface area (Å²) >= 11 is 0. The molecule has 2 aliphatic heterocycles. The van der Waals surface area contributed by atoms with Crippen LogP contribution in [0.2, 0.25) is 0 Å². The lowest BCUT2D eigenvalue weighted by molar-refractivity contribution is -0.163. The summed E-state index contributed by atoms with van der Waals surface area (Å²) in [7, 11) is 0. The first-order valence-corrected chi connectivity index (χ1v) is 7.33. The van der Waals surface area contributed by atoms with Crippen LogP contribution in [0, 0.1) is 5.92 Å². The van der Waals surface area contributed by atoms with Gasteiger partial charge in [-0.3, -0.25) is 4.79 Å². The first-order chi connectivity index (χ1) is 10.2. The molecule has 0 unspecified atom stereocenters. The fourth-order valence-electron chi connectivity index (χ4n) is 3.59. The first kappa shape index (κ1) is 12.6. The molecule has 4 rings (SSSR count). The maximum atomic E-state index is 12.1. The molecule has 2 aromatic carbocycles. The van der Waals surface area contributed by atoms with Gasteiger partial charge < -0.3 is 10.0 Å². The highest BCUT2D eigenvalue weighted by Crippen LogP contribution is 2.49. The molecule has 0 radical (unpaired) electrons. The van der Waals surface area contributed by atoms with Gasteiger partial charge in [-0.2, -0.15) is 0 Å². The van der Waals surface area contributed by atoms with Gasteiger partial charge in [-0.25, -0.2) is 0 Å². The van der Waals surface area contributed by atoms with Gasteiger partial charge in [0.25, 0.3) is 0 Å². The summed E-state index contributed by atoms with van der Waals surface area (Å²) in [6.07, 6.45) is -0.593. The number of carbonyl (C=O) groups excluding carboxylic acids is 1. The summed E-state index contributed by atoms with van der Waals surface area (Å²) in [5.74, 6) is -0.204. The van der Waals surface area contributed by atoms with Gasteiger partial charge in [0, 0.05) is 6.54 Å². The van der Waals surface area contributed by atoms with E-state index < -0.39 is 6.10 Å². The van der Waals surface area contributed by atoms with Crippen LogP contribution < -0.4 is 0 Å². The average molecular weight is 279 g/mol. The normalized spacial score (nSPS) is 24.3. The number of β-lactam (4-membered cyclic amide) rings is 1. The second-order valence-electron chi connectivity index (χ2n) is 5.96. The number of nitrogens with zero attached hydrogens (tertiary/aromatic N) is 1. The summed E-state index contributed by atoms with van der Waals surface area (Å²) < 4.78 is 0. The van der Waals surface area contributed by atoms with Gasteiger partial charge in [-0.05, 0) is 35.2 Å². The molecular weight excluding hydrogens is 262 g/mol. The molecule has 1 amide bonds. The van der Waals surface area contributed by atoms with Crippen LogP contribution in [-0.2, 0) is 11.3 Å². The zero-order chi connectivity index (χ0) is 14.6. The number of hydrogen-bond acceptors (Lipinski definition) is 2. The van der Waals surface area contributed by atoms with E-state index in [1.54, 1.807) is 6.92 Å². The average Bonchev–Trinajstić information content (AvgIpc) is 2.82. The van der Waals surface area contributed by atoms with Gasteiger partial charge in [-0.15, -0.1) is 0 Å². The Morgan fingerprint density at radius 1 is 1.14 bits per heavy atom. The fraction of sp³-hybridized carbons (Fsp3) is 0.278. The number of aliphatic hydroxyl groups excluding tert-OH is 1. The molecule has 2 heterocycles. The topological polar surface area (TPSA) is 40.5 Å². The van der Waals surface area contributed by atoms with Gasteiger partial charge in [-0.1, -0.05) is 42.5 Å². The van der Waals surface area contributed by atoms with Crippen molar-refractivity contribution < 1.29 is 9.90 Å². The quantitative estimate of drug-likeness (QED) is 0.859. The molecule has 0 bridgehead atoms. The molecule has 3 nitrogen and oxygen atoms in total.